The molecule has 0 amide bonds. The van der Waals surface area contributed by atoms with Gasteiger partial charge in [-0.1, -0.05) is 24.4 Å². The fourth-order valence-electron chi connectivity index (χ4n) is 3.92. The van der Waals surface area contributed by atoms with E-state index in [1.54, 1.807) is 6.21 Å². The average molecular weight is 360 g/mol. The molecule has 5 nitrogen and oxygen atoms in total. The van der Waals surface area contributed by atoms with E-state index < -0.39 is 0 Å². The number of likely N-dealkylation sites (tertiary alicyclic amines) is 1. The number of hydrogen-bond donors (Lipinski definition) is 0. The number of ketones is 1. The van der Waals surface area contributed by atoms with Crippen molar-refractivity contribution in [3.8, 4) is 5.88 Å². The molecule has 1 saturated heterocycles. The topological polar surface area (TPSA) is 54.8 Å². The quantitative estimate of drug-likeness (QED) is 0.827. The molecule has 1 saturated carbocycles. The fraction of sp³-hybridized carbons (Fsp3) is 0.526. The molecule has 25 heavy (non-hydrogen) atoms. The first-order valence-corrected chi connectivity index (χ1v) is 9.39. The summed E-state index contributed by atoms with van der Waals surface area (Å²) in [5.41, 5.74) is 2.06. The summed E-state index contributed by atoms with van der Waals surface area (Å²) >= 11 is 6.16. The van der Waals surface area contributed by atoms with Gasteiger partial charge in [0, 0.05) is 31.4 Å². The molecule has 6 heteroatoms. The molecule has 0 N–H and O–H groups in total. The summed E-state index contributed by atoms with van der Waals surface area (Å²) in [6.45, 7) is 1.64. The van der Waals surface area contributed by atoms with E-state index in [1.165, 1.54) is 31.2 Å². The standard InChI is InChI=1S/C19H22ClN3O2/c20-19-16(10-21-11-17(19)24)23-8-6-15(12-23)25-18-9-14(5-7-22-18)13-3-1-2-4-13/h5,7,9-10,13,15H,1-4,6,8,11-12H2/t15-/m1/s1. The molecule has 0 unspecified atom stereocenters. The van der Waals surface area contributed by atoms with Crippen molar-refractivity contribution in [2.24, 2.45) is 4.99 Å². The van der Waals surface area contributed by atoms with Gasteiger partial charge >= 0.3 is 0 Å². The molecule has 4 rings (SSSR count). The summed E-state index contributed by atoms with van der Waals surface area (Å²) in [4.78, 5) is 22.3. The molecule has 2 fully saturated rings. The Morgan fingerprint density at radius 2 is 2.08 bits per heavy atom. The van der Waals surface area contributed by atoms with E-state index in [1.807, 2.05) is 6.20 Å². The van der Waals surface area contributed by atoms with Crippen LogP contribution in [0.5, 0.6) is 5.88 Å². The second-order valence-corrected chi connectivity index (χ2v) is 7.35. The van der Waals surface area contributed by atoms with E-state index in [2.05, 4.69) is 27.0 Å². The largest absolute Gasteiger partial charge is 0.472 e. The minimum atomic E-state index is -0.116. The molecule has 0 spiro atoms. The molecule has 0 radical (unpaired) electrons. The number of rotatable bonds is 4. The Kier molecular flexibility index (Phi) is 4.75. The molecule has 0 aromatic carbocycles. The van der Waals surface area contributed by atoms with Crippen molar-refractivity contribution in [3.63, 3.8) is 0 Å². The molecule has 2 aliphatic heterocycles. The minimum Gasteiger partial charge on any atom is -0.472 e. The van der Waals surface area contributed by atoms with Gasteiger partial charge in [0.15, 0.2) is 5.78 Å². The van der Waals surface area contributed by atoms with Crippen molar-refractivity contribution in [1.82, 2.24) is 9.88 Å². The van der Waals surface area contributed by atoms with Gasteiger partial charge in [-0.25, -0.2) is 4.98 Å². The second kappa shape index (κ2) is 7.16. The number of carbonyl (C=O) groups is 1. The van der Waals surface area contributed by atoms with Gasteiger partial charge in [0.2, 0.25) is 5.88 Å². The summed E-state index contributed by atoms with van der Waals surface area (Å²) in [6, 6.07) is 4.20. The molecule has 3 heterocycles. The Hall–Kier alpha value is -1.88. The Balaban J connectivity index is 1.41. The van der Waals surface area contributed by atoms with Crippen molar-refractivity contribution in [2.75, 3.05) is 19.6 Å². The highest BCUT2D eigenvalue weighted by atomic mass is 35.5. The SMILES string of the molecule is O=C1CN=CC(N2CC[C@@H](Oc3cc(C4CCCC4)ccn3)C2)=C1Cl. The van der Waals surface area contributed by atoms with E-state index in [9.17, 15) is 4.79 Å². The van der Waals surface area contributed by atoms with Crippen molar-refractivity contribution in [1.29, 1.82) is 0 Å². The molecule has 1 aromatic heterocycles. The summed E-state index contributed by atoms with van der Waals surface area (Å²) in [5.74, 6) is 1.23. The van der Waals surface area contributed by atoms with E-state index >= 15 is 0 Å². The summed E-state index contributed by atoms with van der Waals surface area (Å²) in [7, 11) is 0. The summed E-state index contributed by atoms with van der Waals surface area (Å²) in [5, 5.41) is 0.289. The summed E-state index contributed by atoms with van der Waals surface area (Å²) in [6.07, 6.45) is 9.64. The highest BCUT2D eigenvalue weighted by Gasteiger charge is 2.29. The zero-order valence-corrected chi connectivity index (χ0v) is 14.9. The molecular weight excluding hydrogens is 338 g/mol. The maximum absolute atomic E-state index is 11.7. The Morgan fingerprint density at radius 3 is 2.92 bits per heavy atom. The predicted molar refractivity (Wildman–Crippen MR) is 97.3 cm³/mol. The number of Topliss-reactive ketones (excluding diaryl/α,β-unsaturated/α-hetero) is 1. The lowest BCUT2D eigenvalue weighted by Gasteiger charge is -2.22. The van der Waals surface area contributed by atoms with E-state index in [0.717, 1.165) is 18.7 Å². The average Bonchev–Trinajstić information content (AvgIpc) is 3.30. The van der Waals surface area contributed by atoms with Crippen molar-refractivity contribution in [2.45, 2.75) is 44.1 Å². The van der Waals surface area contributed by atoms with Gasteiger partial charge in [0.1, 0.15) is 17.7 Å². The zero-order valence-electron chi connectivity index (χ0n) is 14.2. The van der Waals surface area contributed by atoms with Crippen molar-refractivity contribution in [3.05, 3.63) is 34.6 Å². The smallest absolute Gasteiger partial charge is 0.213 e. The molecule has 132 valence electrons. The van der Waals surface area contributed by atoms with Gasteiger partial charge in [-0.3, -0.25) is 9.79 Å². The number of ether oxygens (including phenoxy) is 1. The van der Waals surface area contributed by atoms with Gasteiger partial charge in [0.25, 0.3) is 0 Å². The third kappa shape index (κ3) is 3.56. The third-order valence-corrected chi connectivity index (χ3v) is 5.68. The Morgan fingerprint density at radius 1 is 1.24 bits per heavy atom. The molecule has 1 aromatic rings. The minimum absolute atomic E-state index is 0.0497. The number of aliphatic imine (C=N–C) groups is 1. The molecular formula is C19H22ClN3O2. The first-order valence-electron chi connectivity index (χ1n) is 9.01. The van der Waals surface area contributed by atoms with Crippen LogP contribution in [-0.4, -0.2) is 47.6 Å². The number of dihydropyridines is 1. The van der Waals surface area contributed by atoms with Gasteiger partial charge in [0.05, 0.1) is 12.2 Å². The van der Waals surface area contributed by atoms with Crippen LogP contribution < -0.4 is 4.74 Å². The van der Waals surface area contributed by atoms with Crippen molar-refractivity contribution >= 4 is 23.6 Å². The van der Waals surface area contributed by atoms with Crippen LogP contribution in [0.15, 0.2) is 34.1 Å². The second-order valence-electron chi connectivity index (χ2n) is 6.98. The number of aromatic nitrogens is 1. The molecule has 0 bridgehead atoms. The lowest BCUT2D eigenvalue weighted by molar-refractivity contribution is -0.113. The van der Waals surface area contributed by atoms with Crippen LogP contribution in [0.25, 0.3) is 0 Å². The zero-order chi connectivity index (χ0) is 17.2. The fourth-order valence-corrected chi connectivity index (χ4v) is 4.15. The van der Waals surface area contributed by atoms with E-state index in [0.29, 0.717) is 18.3 Å². The molecule has 1 aliphatic carbocycles. The predicted octanol–water partition coefficient (Wildman–Crippen LogP) is 3.30. The van der Waals surface area contributed by atoms with Crippen LogP contribution in [0.2, 0.25) is 0 Å². The molecule has 3 aliphatic rings. The van der Waals surface area contributed by atoms with E-state index in [-0.39, 0.29) is 23.5 Å². The van der Waals surface area contributed by atoms with E-state index in [4.69, 9.17) is 16.3 Å². The van der Waals surface area contributed by atoms with Crippen LogP contribution in [0, 0.1) is 0 Å². The maximum Gasteiger partial charge on any atom is 0.213 e. The lowest BCUT2D eigenvalue weighted by atomic mass is 9.99. The van der Waals surface area contributed by atoms with Gasteiger partial charge < -0.3 is 9.64 Å². The number of nitrogens with zero attached hydrogens (tertiary/aromatic N) is 3. The van der Waals surface area contributed by atoms with Gasteiger partial charge in [-0.2, -0.15) is 0 Å². The monoisotopic (exact) mass is 359 g/mol. The van der Waals surface area contributed by atoms with Crippen molar-refractivity contribution < 1.29 is 9.53 Å². The van der Waals surface area contributed by atoms with Crippen LogP contribution in [0.4, 0.5) is 0 Å². The summed E-state index contributed by atoms with van der Waals surface area (Å²) < 4.78 is 6.11. The Labute approximate surface area is 152 Å². The van der Waals surface area contributed by atoms with Gasteiger partial charge in [-0.15, -0.1) is 0 Å². The first kappa shape index (κ1) is 16.6. The van der Waals surface area contributed by atoms with Crippen LogP contribution in [0.1, 0.15) is 43.6 Å². The van der Waals surface area contributed by atoms with Crippen LogP contribution in [-0.2, 0) is 4.79 Å². The Bertz CT molecular complexity index is 725. The maximum atomic E-state index is 11.7. The highest BCUT2D eigenvalue weighted by molar-refractivity contribution is 6.44. The van der Waals surface area contributed by atoms with Crippen LogP contribution >= 0.6 is 11.6 Å². The number of pyridine rings is 1. The normalized spacial score (nSPS) is 24.4. The third-order valence-electron chi connectivity index (χ3n) is 5.28. The molecule has 1 atom stereocenters. The van der Waals surface area contributed by atoms with Crippen LogP contribution in [0.3, 0.4) is 0 Å². The number of hydrogen-bond acceptors (Lipinski definition) is 5. The number of halogens is 1. The number of carbonyl (C=O) groups excluding carboxylic acids is 1. The lowest BCUT2D eigenvalue weighted by Crippen LogP contribution is -2.28. The number of allylic oxidation sites excluding steroid dienone is 1. The highest BCUT2D eigenvalue weighted by Crippen LogP contribution is 2.35. The first-order chi connectivity index (χ1) is 12.2. The van der Waals surface area contributed by atoms with Gasteiger partial charge in [-0.05, 0) is 30.4 Å².